The topological polar surface area (TPSA) is 37.3 Å². The first-order valence-corrected chi connectivity index (χ1v) is 6.14. The van der Waals surface area contributed by atoms with Gasteiger partial charge in [-0.3, -0.25) is 4.79 Å². The highest BCUT2D eigenvalue weighted by Gasteiger charge is 2.24. The van der Waals surface area contributed by atoms with Crippen LogP contribution in [0.2, 0.25) is 0 Å². The molecule has 0 spiro atoms. The minimum atomic E-state index is -0.691. The van der Waals surface area contributed by atoms with Crippen molar-refractivity contribution in [2.45, 2.75) is 46.0 Å². The molecule has 2 unspecified atom stereocenters. The zero-order valence-electron chi connectivity index (χ0n) is 9.20. The molecule has 1 N–H and O–H groups in total. The molecule has 2 nitrogen and oxygen atoms in total. The zero-order chi connectivity index (χ0) is 11.0. The molecular formula is C11H22O2S. The van der Waals surface area contributed by atoms with Crippen molar-refractivity contribution in [2.24, 2.45) is 11.8 Å². The second-order valence-electron chi connectivity index (χ2n) is 3.79. The summed E-state index contributed by atoms with van der Waals surface area (Å²) in [5.41, 5.74) is 0. The monoisotopic (exact) mass is 218 g/mol. The number of thiol groups is 1. The molecule has 0 aromatic carbocycles. The van der Waals surface area contributed by atoms with E-state index in [1.165, 1.54) is 12.8 Å². The average molecular weight is 218 g/mol. The Morgan fingerprint density at radius 3 is 2.36 bits per heavy atom. The third-order valence-electron chi connectivity index (χ3n) is 2.79. The fourth-order valence-corrected chi connectivity index (χ4v) is 2.23. The Balaban J connectivity index is 4.01. The smallest absolute Gasteiger partial charge is 0.307 e. The van der Waals surface area contributed by atoms with Crippen molar-refractivity contribution >= 4 is 18.6 Å². The Kier molecular flexibility index (Phi) is 8.05. The normalized spacial score (nSPS) is 15.1. The lowest BCUT2D eigenvalue weighted by Gasteiger charge is -2.20. The molecule has 14 heavy (non-hydrogen) atoms. The average Bonchev–Trinajstić information content (AvgIpc) is 2.16. The molecule has 0 saturated carbocycles. The van der Waals surface area contributed by atoms with Crippen LogP contribution in [0.1, 0.15) is 46.0 Å². The van der Waals surface area contributed by atoms with Crippen molar-refractivity contribution in [3.63, 3.8) is 0 Å². The lowest BCUT2D eigenvalue weighted by atomic mass is 9.87. The second kappa shape index (κ2) is 8.16. The number of rotatable bonds is 8. The molecule has 0 aliphatic carbocycles. The highest BCUT2D eigenvalue weighted by atomic mass is 32.1. The maximum atomic E-state index is 10.9. The van der Waals surface area contributed by atoms with E-state index in [4.69, 9.17) is 5.11 Å². The molecule has 0 fully saturated rings. The van der Waals surface area contributed by atoms with Crippen LogP contribution in [0.4, 0.5) is 0 Å². The van der Waals surface area contributed by atoms with E-state index >= 15 is 0 Å². The Hall–Kier alpha value is -0.180. The summed E-state index contributed by atoms with van der Waals surface area (Å²) in [5, 5.41) is 8.98. The van der Waals surface area contributed by atoms with E-state index < -0.39 is 5.97 Å². The number of aliphatic carboxylic acids is 1. The van der Waals surface area contributed by atoms with E-state index in [9.17, 15) is 4.79 Å². The van der Waals surface area contributed by atoms with Crippen LogP contribution in [0, 0.1) is 11.8 Å². The van der Waals surface area contributed by atoms with Gasteiger partial charge in [0.05, 0.1) is 5.92 Å². The lowest BCUT2D eigenvalue weighted by Crippen LogP contribution is -2.24. The zero-order valence-corrected chi connectivity index (χ0v) is 10.1. The van der Waals surface area contributed by atoms with Gasteiger partial charge in [0, 0.05) is 5.75 Å². The van der Waals surface area contributed by atoms with E-state index in [-0.39, 0.29) is 5.92 Å². The van der Waals surface area contributed by atoms with Crippen molar-refractivity contribution in [2.75, 3.05) is 5.75 Å². The summed E-state index contributed by atoms with van der Waals surface area (Å²) in [6.07, 6.45) is 5.51. The number of unbranched alkanes of at least 4 members (excludes halogenated alkanes) is 2. The van der Waals surface area contributed by atoms with Crippen molar-refractivity contribution in [3.8, 4) is 0 Å². The molecule has 0 amide bonds. The van der Waals surface area contributed by atoms with E-state index in [2.05, 4.69) is 26.5 Å². The summed E-state index contributed by atoms with van der Waals surface area (Å²) in [7, 11) is 0. The maximum absolute atomic E-state index is 10.9. The van der Waals surface area contributed by atoms with Gasteiger partial charge >= 0.3 is 5.97 Å². The van der Waals surface area contributed by atoms with Gasteiger partial charge in [0.25, 0.3) is 0 Å². The summed E-state index contributed by atoms with van der Waals surface area (Å²) >= 11 is 4.11. The molecule has 3 heteroatoms. The first kappa shape index (κ1) is 13.8. The molecule has 0 aliphatic rings. The second-order valence-corrected chi connectivity index (χ2v) is 4.16. The first-order valence-electron chi connectivity index (χ1n) is 5.50. The van der Waals surface area contributed by atoms with E-state index in [1.54, 1.807) is 0 Å². The van der Waals surface area contributed by atoms with Gasteiger partial charge in [-0.1, -0.05) is 39.5 Å². The molecule has 0 aromatic heterocycles. The molecule has 0 aliphatic heterocycles. The minimum absolute atomic E-state index is 0.264. The lowest BCUT2D eigenvalue weighted by molar-refractivity contribution is -0.142. The van der Waals surface area contributed by atoms with Crippen molar-refractivity contribution < 1.29 is 9.90 Å². The molecule has 0 rings (SSSR count). The molecule has 0 aromatic rings. The van der Waals surface area contributed by atoms with Gasteiger partial charge in [0.1, 0.15) is 0 Å². The molecular weight excluding hydrogens is 196 g/mol. The third kappa shape index (κ3) is 4.89. The predicted molar refractivity (Wildman–Crippen MR) is 62.9 cm³/mol. The van der Waals surface area contributed by atoms with Crippen LogP contribution in [0.5, 0.6) is 0 Å². The summed E-state index contributed by atoms with van der Waals surface area (Å²) in [6, 6.07) is 0. The summed E-state index contributed by atoms with van der Waals surface area (Å²) in [6.45, 7) is 4.23. The summed E-state index contributed by atoms with van der Waals surface area (Å²) in [5.74, 6) is -0.194. The van der Waals surface area contributed by atoms with Gasteiger partial charge in [-0.2, -0.15) is 12.6 Å². The van der Waals surface area contributed by atoms with Gasteiger partial charge < -0.3 is 5.11 Å². The van der Waals surface area contributed by atoms with Gasteiger partial charge in [0.2, 0.25) is 0 Å². The largest absolute Gasteiger partial charge is 0.481 e. The SMILES string of the molecule is CCCCCC(CC)C(CS)C(=O)O. The fourth-order valence-electron chi connectivity index (χ4n) is 1.78. The van der Waals surface area contributed by atoms with Gasteiger partial charge in [0.15, 0.2) is 0 Å². The Bertz CT molecular complexity index is 159. The van der Waals surface area contributed by atoms with Crippen molar-refractivity contribution in [1.29, 1.82) is 0 Å². The minimum Gasteiger partial charge on any atom is -0.481 e. The van der Waals surface area contributed by atoms with Crippen LogP contribution >= 0.6 is 12.6 Å². The summed E-state index contributed by atoms with van der Waals surface area (Å²) in [4.78, 5) is 10.9. The Morgan fingerprint density at radius 1 is 1.36 bits per heavy atom. The standard InChI is InChI=1S/C11H22O2S/c1-3-5-6-7-9(4-2)10(8-14)11(12)13/h9-10,14H,3-8H2,1-2H3,(H,12,13). The molecule has 0 saturated heterocycles. The van der Waals surface area contributed by atoms with Gasteiger partial charge in [-0.05, 0) is 12.3 Å². The Labute approximate surface area is 92.5 Å². The maximum Gasteiger partial charge on any atom is 0.307 e. The molecule has 0 bridgehead atoms. The highest BCUT2D eigenvalue weighted by molar-refractivity contribution is 7.80. The molecule has 0 radical (unpaired) electrons. The fraction of sp³-hybridized carbons (Fsp3) is 0.909. The third-order valence-corrected chi connectivity index (χ3v) is 3.18. The highest BCUT2D eigenvalue weighted by Crippen LogP contribution is 2.23. The Morgan fingerprint density at radius 2 is 2.00 bits per heavy atom. The van der Waals surface area contributed by atoms with Crippen LogP contribution in [0.15, 0.2) is 0 Å². The van der Waals surface area contributed by atoms with E-state index in [0.29, 0.717) is 11.7 Å². The van der Waals surface area contributed by atoms with E-state index in [1.807, 2.05) is 0 Å². The van der Waals surface area contributed by atoms with Gasteiger partial charge in [-0.15, -0.1) is 0 Å². The van der Waals surface area contributed by atoms with Crippen LogP contribution < -0.4 is 0 Å². The van der Waals surface area contributed by atoms with Crippen LogP contribution in [-0.2, 0) is 4.79 Å². The number of carboxylic acid groups (broad SMARTS) is 1. The predicted octanol–water partition coefficient (Wildman–Crippen LogP) is 3.22. The van der Waals surface area contributed by atoms with Crippen LogP contribution in [0.3, 0.4) is 0 Å². The molecule has 84 valence electrons. The number of carboxylic acids is 1. The van der Waals surface area contributed by atoms with Crippen LogP contribution in [0.25, 0.3) is 0 Å². The van der Waals surface area contributed by atoms with Crippen molar-refractivity contribution in [3.05, 3.63) is 0 Å². The molecule has 2 atom stereocenters. The number of hydrogen-bond acceptors (Lipinski definition) is 2. The van der Waals surface area contributed by atoms with E-state index in [0.717, 1.165) is 19.3 Å². The quantitative estimate of drug-likeness (QED) is 0.485. The summed E-state index contributed by atoms with van der Waals surface area (Å²) < 4.78 is 0. The first-order chi connectivity index (χ1) is 6.67. The molecule has 0 heterocycles. The van der Waals surface area contributed by atoms with Crippen molar-refractivity contribution in [1.82, 2.24) is 0 Å². The number of hydrogen-bond donors (Lipinski definition) is 2. The number of carbonyl (C=O) groups is 1. The van der Waals surface area contributed by atoms with Gasteiger partial charge in [-0.25, -0.2) is 0 Å². The van der Waals surface area contributed by atoms with Crippen LogP contribution in [-0.4, -0.2) is 16.8 Å².